The zero-order chi connectivity index (χ0) is 10.8. The molecule has 0 heterocycles. The lowest BCUT2D eigenvalue weighted by molar-refractivity contribution is 0.177. The maximum absolute atomic E-state index is 9.99. The number of aliphatic hydroxyl groups excluding tert-OH is 1. The number of likely N-dealkylation sites (N-methyl/N-ethyl adjacent to an activating group) is 1. The maximum Gasteiger partial charge on any atom is 0.0917 e. The van der Waals surface area contributed by atoms with E-state index >= 15 is 0 Å². The third kappa shape index (κ3) is 2.17. The Kier molecular flexibility index (Phi) is 3.29. The normalized spacial score (nSPS) is 16.5. The van der Waals surface area contributed by atoms with Crippen molar-refractivity contribution in [1.82, 2.24) is 5.32 Å². The van der Waals surface area contributed by atoms with Crippen LogP contribution in [0.1, 0.15) is 29.2 Å². The van der Waals surface area contributed by atoms with Crippen LogP contribution in [-0.2, 0) is 12.8 Å². The van der Waals surface area contributed by atoms with Crippen molar-refractivity contribution in [2.75, 3.05) is 13.6 Å². The third-order valence-electron chi connectivity index (χ3n) is 2.97. The summed E-state index contributed by atoms with van der Waals surface area (Å²) in [5.74, 6) is 0. The van der Waals surface area contributed by atoms with Gasteiger partial charge >= 0.3 is 0 Å². The molecular weight excluding hydrogens is 210 g/mol. The largest absolute Gasteiger partial charge is 0.387 e. The van der Waals surface area contributed by atoms with Crippen LogP contribution in [0.2, 0.25) is 5.02 Å². The zero-order valence-electron chi connectivity index (χ0n) is 8.89. The fourth-order valence-electron chi connectivity index (χ4n) is 2.30. The van der Waals surface area contributed by atoms with Gasteiger partial charge in [0.1, 0.15) is 0 Å². The number of hydrogen-bond acceptors (Lipinski definition) is 2. The number of aliphatic hydroxyl groups is 1. The average molecular weight is 226 g/mol. The standard InChI is InChI=1S/C12H16ClNO/c1-14-7-12(15)11-6-9(13)5-8-3-2-4-10(8)11/h5-6,12,14-15H,2-4,7H2,1H3. The number of nitrogens with one attached hydrogen (secondary N) is 1. The molecule has 3 heteroatoms. The molecule has 0 saturated carbocycles. The molecule has 0 amide bonds. The second-order valence-electron chi connectivity index (χ2n) is 4.06. The number of fused-ring (bicyclic) bond motifs is 1. The summed E-state index contributed by atoms with van der Waals surface area (Å²) in [4.78, 5) is 0. The molecule has 0 aliphatic heterocycles. The Hall–Kier alpha value is -0.570. The zero-order valence-corrected chi connectivity index (χ0v) is 9.64. The predicted molar refractivity (Wildman–Crippen MR) is 62.4 cm³/mol. The number of benzene rings is 1. The third-order valence-corrected chi connectivity index (χ3v) is 3.19. The first-order valence-corrected chi connectivity index (χ1v) is 5.74. The minimum Gasteiger partial charge on any atom is -0.387 e. The topological polar surface area (TPSA) is 32.3 Å². The second-order valence-corrected chi connectivity index (χ2v) is 4.50. The van der Waals surface area contributed by atoms with Gasteiger partial charge in [0.15, 0.2) is 0 Å². The summed E-state index contributed by atoms with van der Waals surface area (Å²) in [5.41, 5.74) is 3.62. The summed E-state index contributed by atoms with van der Waals surface area (Å²) in [5, 5.41) is 13.7. The molecular formula is C12H16ClNO. The van der Waals surface area contributed by atoms with Gasteiger partial charge < -0.3 is 10.4 Å². The molecule has 2 nitrogen and oxygen atoms in total. The van der Waals surface area contributed by atoms with Crippen LogP contribution >= 0.6 is 11.6 Å². The quantitative estimate of drug-likeness (QED) is 0.826. The Balaban J connectivity index is 2.37. The molecule has 0 aromatic heterocycles. The summed E-state index contributed by atoms with van der Waals surface area (Å²) in [7, 11) is 1.84. The molecule has 0 spiro atoms. The van der Waals surface area contributed by atoms with E-state index in [-0.39, 0.29) is 0 Å². The smallest absolute Gasteiger partial charge is 0.0917 e. The number of rotatable bonds is 3. The highest BCUT2D eigenvalue weighted by molar-refractivity contribution is 6.30. The van der Waals surface area contributed by atoms with E-state index in [1.54, 1.807) is 0 Å². The molecule has 1 aromatic rings. The van der Waals surface area contributed by atoms with Gasteiger partial charge in [-0.3, -0.25) is 0 Å². The van der Waals surface area contributed by atoms with E-state index in [4.69, 9.17) is 11.6 Å². The fourth-order valence-corrected chi connectivity index (χ4v) is 2.55. The Morgan fingerprint density at radius 2 is 2.27 bits per heavy atom. The van der Waals surface area contributed by atoms with Crippen LogP contribution in [-0.4, -0.2) is 18.7 Å². The van der Waals surface area contributed by atoms with E-state index < -0.39 is 6.10 Å². The molecule has 2 N–H and O–H groups in total. The highest BCUT2D eigenvalue weighted by atomic mass is 35.5. The Morgan fingerprint density at radius 1 is 1.47 bits per heavy atom. The molecule has 0 fully saturated rings. The van der Waals surface area contributed by atoms with Gasteiger partial charge in [0.05, 0.1) is 6.10 Å². The SMILES string of the molecule is CNCC(O)c1cc(Cl)cc2c1CCC2. The van der Waals surface area contributed by atoms with Crippen LogP contribution in [0.15, 0.2) is 12.1 Å². The van der Waals surface area contributed by atoms with Gasteiger partial charge in [-0.1, -0.05) is 11.6 Å². The summed E-state index contributed by atoms with van der Waals surface area (Å²) in [6.45, 7) is 0.576. The van der Waals surface area contributed by atoms with Gasteiger partial charge in [0.25, 0.3) is 0 Å². The van der Waals surface area contributed by atoms with E-state index in [1.807, 2.05) is 19.2 Å². The van der Waals surface area contributed by atoms with Gasteiger partial charge in [0, 0.05) is 11.6 Å². The van der Waals surface area contributed by atoms with E-state index in [9.17, 15) is 5.11 Å². The lowest BCUT2D eigenvalue weighted by Crippen LogP contribution is -2.18. The Labute approximate surface area is 95.3 Å². The van der Waals surface area contributed by atoms with Crippen LogP contribution in [0.5, 0.6) is 0 Å². The highest BCUT2D eigenvalue weighted by Crippen LogP contribution is 2.32. The summed E-state index contributed by atoms with van der Waals surface area (Å²) in [6, 6.07) is 3.92. The van der Waals surface area contributed by atoms with Crippen molar-refractivity contribution < 1.29 is 5.11 Å². The van der Waals surface area contributed by atoms with E-state index in [1.165, 1.54) is 17.5 Å². The molecule has 0 radical (unpaired) electrons. The van der Waals surface area contributed by atoms with Crippen molar-refractivity contribution >= 4 is 11.6 Å². The first kappa shape index (κ1) is 10.9. The van der Waals surface area contributed by atoms with Crippen LogP contribution in [0.25, 0.3) is 0 Å². The predicted octanol–water partition coefficient (Wildman–Crippen LogP) is 2.08. The van der Waals surface area contributed by atoms with Crippen molar-refractivity contribution in [3.8, 4) is 0 Å². The second kappa shape index (κ2) is 4.52. The monoisotopic (exact) mass is 225 g/mol. The van der Waals surface area contributed by atoms with Gasteiger partial charge in [-0.25, -0.2) is 0 Å². The molecule has 2 rings (SSSR count). The molecule has 1 aromatic carbocycles. The van der Waals surface area contributed by atoms with Crippen LogP contribution in [0.3, 0.4) is 0 Å². The minimum absolute atomic E-state index is 0.444. The van der Waals surface area contributed by atoms with Crippen molar-refractivity contribution in [2.45, 2.75) is 25.4 Å². The van der Waals surface area contributed by atoms with Crippen LogP contribution in [0.4, 0.5) is 0 Å². The number of halogens is 1. The summed E-state index contributed by atoms with van der Waals surface area (Å²) < 4.78 is 0. The molecule has 1 aliphatic carbocycles. The lowest BCUT2D eigenvalue weighted by Gasteiger charge is -2.15. The Bertz CT molecular complexity index is 365. The molecule has 82 valence electrons. The van der Waals surface area contributed by atoms with Crippen molar-refractivity contribution in [1.29, 1.82) is 0 Å². The summed E-state index contributed by atoms with van der Waals surface area (Å²) >= 11 is 6.04. The average Bonchev–Trinajstić information content (AvgIpc) is 2.64. The first-order valence-electron chi connectivity index (χ1n) is 5.36. The van der Waals surface area contributed by atoms with Gasteiger partial charge in [-0.15, -0.1) is 0 Å². The molecule has 15 heavy (non-hydrogen) atoms. The number of aryl methyl sites for hydroxylation is 1. The van der Waals surface area contributed by atoms with Crippen molar-refractivity contribution in [3.05, 3.63) is 33.8 Å². The van der Waals surface area contributed by atoms with Crippen LogP contribution < -0.4 is 5.32 Å². The molecule has 1 unspecified atom stereocenters. The van der Waals surface area contributed by atoms with Crippen molar-refractivity contribution in [2.24, 2.45) is 0 Å². The fraction of sp³-hybridized carbons (Fsp3) is 0.500. The lowest BCUT2D eigenvalue weighted by atomic mass is 9.99. The summed E-state index contributed by atoms with van der Waals surface area (Å²) in [6.07, 6.45) is 2.90. The van der Waals surface area contributed by atoms with E-state index in [2.05, 4.69) is 5.32 Å². The molecule has 0 bridgehead atoms. The van der Waals surface area contributed by atoms with Gasteiger partial charge in [-0.2, -0.15) is 0 Å². The number of hydrogen-bond donors (Lipinski definition) is 2. The van der Waals surface area contributed by atoms with Crippen molar-refractivity contribution in [3.63, 3.8) is 0 Å². The molecule has 0 saturated heterocycles. The maximum atomic E-state index is 9.99. The van der Waals surface area contributed by atoms with Crippen LogP contribution in [0, 0.1) is 0 Å². The first-order chi connectivity index (χ1) is 7.22. The van der Waals surface area contributed by atoms with E-state index in [0.29, 0.717) is 6.54 Å². The van der Waals surface area contributed by atoms with Gasteiger partial charge in [-0.05, 0) is 55.1 Å². The Morgan fingerprint density at radius 3 is 3.00 bits per heavy atom. The highest BCUT2D eigenvalue weighted by Gasteiger charge is 2.19. The molecule has 1 atom stereocenters. The van der Waals surface area contributed by atoms with E-state index in [0.717, 1.165) is 23.4 Å². The molecule has 1 aliphatic rings. The van der Waals surface area contributed by atoms with Gasteiger partial charge in [0.2, 0.25) is 0 Å². The minimum atomic E-state index is -0.444.